The number of ketones is 1. The summed E-state index contributed by atoms with van der Waals surface area (Å²) in [5.41, 5.74) is 0. The first-order valence-electron chi connectivity index (χ1n) is 17.3. The number of esters is 1. The average molecular weight is 579 g/mol. The number of carbonyl (C=O) groups excluding carboxylic acids is 2. The van der Waals surface area contributed by atoms with Crippen molar-refractivity contribution in [2.75, 3.05) is 0 Å². The van der Waals surface area contributed by atoms with Crippen LogP contribution in [0.5, 0.6) is 0 Å². The summed E-state index contributed by atoms with van der Waals surface area (Å²) in [4.78, 5) is 23.1. The summed E-state index contributed by atoms with van der Waals surface area (Å²) < 4.78 is 11.5. The van der Waals surface area contributed by atoms with Gasteiger partial charge in [0, 0.05) is 6.42 Å². The molecule has 2 aliphatic rings. The van der Waals surface area contributed by atoms with E-state index in [9.17, 15) is 19.8 Å². The fourth-order valence-corrected chi connectivity index (χ4v) is 6.37. The summed E-state index contributed by atoms with van der Waals surface area (Å²) in [6.45, 7) is 3.79. The number of aliphatic hydroxyl groups excluding tert-OH is 2. The van der Waals surface area contributed by atoms with Gasteiger partial charge in [0.05, 0.1) is 30.3 Å². The third-order valence-electron chi connectivity index (χ3n) is 8.94. The maximum absolute atomic E-state index is 11.8. The number of carbonyl (C=O) groups is 2. The van der Waals surface area contributed by atoms with Crippen molar-refractivity contribution < 1.29 is 29.3 Å². The second-order valence-electron chi connectivity index (χ2n) is 12.8. The van der Waals surface area contributed by atoms with E-state index in [1.54, 1.807) is 0 Å². The summed E-state index contributed by atoms with van der Waals surface area (Å²) >= 11 is 0. The van der Waals surface area contributed by atoms with Crippen LogP contribution in [-0.4, -0.2) is 52.5 Å². The van der Waals surface area contributed by atoms with Crippen molar-refractivity contribution in [1.82, 2.24) is 0 Å². The zero-order valence-corrected chi connectivity index (χ0v) is 26.4. The van der Waals surface area contributed by atoms with E-state index in [4.69, 9.17) is 9.47 Å². The molecule has 0 bridgehead atoms. The van der Waals surface area contributed by atoms with Crippen molar-refractivity contribution >= 4 is 11.8 Å². The Morgan fingerprint density at radius 1 is 0.805 bits per heavy atom. The lowest BCUT2D eigenvalue weighted by atomic mass is 9.97. The lowest BCUT2D eigenvalue weighted by Gasteiger charge is -2.22. The van der Waals surface area contributed by atoms with Crippen LogP contribution in [0.15, 0.2) is 12.2 Å². The van der Waals surface area contributed by atoms with Gasteiger partial charge in [-0.2, -0.15) is 0 Å². The Hall–Kier alpha value is -1.24. The molecule has 6 nitrogen and oxygen atoms in total. The molecule has 0 spiro atoms. The molecule has 0 radical (unpaired) electrons. The maximum atomic E-state index is 11.8. The molecule has 0 aliphatic carbocycles. The highest BCUT2D eigenvalue weighted by Crippen LogP contribution is 2.29. The fourth-order valence-electron chi connectivity index (χ4n) is 6.37. The molecular formula is C35H62O6. The van der Waals surface area contributed by atoms with Crippen molar-refractivity contribution in [1.29, 1.82) is 0 Å². The lowest BCUT2D eigenvalue weighted by Crippen LogP contribution is -2.30. The first kappa shape index (κ1) is 36.0. The average Bonchev–Trinajstić information content (AvgIpc) is 3.57. The number of Topliss-reactive ketones (excluding diaryl/α,β-unsaturated/α-hetero) is 1. The lowest BCUT2D eigenvalue weighted by molar-refractivity contribution is -0.145. The Bertz CT molecular complexity index is 721. The summed E-state index contributed by atoms with van der Waals surface area (Å²) in [6.07, 6.45) is 27.7. The minimum absolute atomic E-state index is 0.00917. The molecule has 0 aromatic rings. The Balaban J connectivity index is 1.40. The molecule has 2 N–H and O–H groups in total. The third-order valence-corrected chi connectivity index (χ3v) is 8.94. The van der Waals surface area contributed by atoms with E-state index in [1.807, 2.05) is 0 Å². The minimum Gasteiger partial charge on any atom is -0.462 e. The van der Waals surface area contributed by atoms with Gasteiger partial charge in [0.25, 0.3) is 0 Å². The Kier molecular flexibility index (Phi) is 19.6. The topological polar surface area (TPSA) is 93.1 Å². The highest BCUT2D eigenvalue weighted by Gasteiger charge is 2.35. The van der Waals surface area contributed by atoms with Gasteiger partial charge in [0.15, 0.2) is 0 Å². The van der Waals surface area contributed by atoms with Crippen LogP contribution in [0.2, 0.25) is 0 Å². The predicted octanol–water partition coefficient (Wildman–Crippen LogP) is 8.15. The Labute approximate surface area is 251 Å². The zero-order valence-electron chi connectivity index (χ0n) is 26.4. The van der Waals surface area contributed by atoms with Crippen molar-refractivity contribution in [3.05, 3.63) is 12.2 Å². The summed E-state index contributed by atoms with van der Waals surface area (Å²) in [5, 5.41) is 21.2. The molecule has 2 saturated heterocycles. The number of cyclic esters (lactones) is 1. The van der Waals surface area contributed by atoms with E-state index >= 15 is 0 Å². The normalized spacial score (nSPS) is 24.2. The van der Waals surface area contributed by atoms with Crippen LogP contribution in [0.3, 0.4) is 0 Å². The quantitative estimate of drug-likeness (QED) is 0.0645. The van der Waals surface area contributed by atoms with Crippen molar-refractivity contribution in [3.8, 4) is 0 Å². The van der Waals surface area contributed by atoms with E-state index in [2.05, 4.69) is 19.1 Å². The van der Waals surface area contributed by atoms with Gasteiger partial charge in [0.2, 0.25) is 0 Å². The van der Waals surface area contributed by atoms with Gasteiger partial charge in [-0.25, -0.2) is 0 Å². The standard InChI is InChI=1S/C35H62O6/c1-3-4-5-6-7-8-9-13-16-19-22-31(37)33-24-25-34(41-33)32(38)23-20-17-14-11-10-12-15-18-21-30-27-29(26-28(2)36)35(39)40-30/h14,17,29-34,37-38H,3-13,15-16,18-27H2,1-2H3/b17-14-/t29?,30?,31-,32-,33-,34-/m1/s1. The molecule has 2 rings (SSSR count). The molecule has 6 heteroatoms. The maximum Gasteiger partial charge on any atom is 0.309 e. The van der Waals surface area contributed by atoms with Crippen LogP contribution in [0, 0.1) is 5.92 Å². The predicted molar refractivity (Wildman–Crippen MR) is 166 cm³/mol. The number of unbranched alkanes of at least 4 members (excludes halogenated alkanes) is 13. The van der Waals surface area contributed by atoms with E-state index in [1.165, 1.54) is 64.7 Å². The SMILES string of the molecule is CCCCCCCCCCCC[C@@H](O)[C@H]1CC[C@H]([C@H](O)CC/C=C\CCCCCCC2CC(CC(C)=O)C(=O)O2)O1. The first-order valence-corrected chi connectivity index (χ1v) is 17.3. The van der Waals surface area contributed by atoms with Crippen LogP contribution in [0.1, 0.15) is 162 Å². The molecule has 0 saturated carbocycles. The van der Waals surface area contributed by atoms with Crippen LogP contribution in [0.25, 0.3) is 0 Å². The number of allylic oxidation sites excluding steroid dienone is 2. The Morgan fingerprint density at radius 2 is 1.37 bits per heavy atom. The number of aliphatic hydroxyl groups is 2. The smallest absolute Gasteiger partial charge is 0.309 e. The van der Waals surface area contributed by atoms with Crippen LogP contribution >= 0.6 is 0 Å². The largest absolute Gasteiger partial charge is 0.462 e. The molecule has 41 heavy (non-hydrogen) atoms. The van der Waals surface area contributed by atoms with Crippen LogP contribution in [0.4, 0.5) is 0 Å². The van der Waals surface area contributed by atoms with Crippen molar-refractivity contribution in [2.45, 2.75) is 192 Å². The number of rotatable bonds is 25. The van der Waals surface area contributed by atoms with Gasteiger partial charge < -0.3 is 24.5 Å². The van der Waals surface area contributed by atoms with E-state index in [-0.39, 0.29) is 36.0 Å². The van der Waals surface area contributed by atoms with Crippen LogP contribution < -0.4 is 0 Å². The van der Waals surface area contributed by atoms with E-state index in [0.717, 1.165) is 70.6 Å². The molecule has 2 fully saturated rings. The van der Waals surface area contributed by atoms with Gasteiger partial charge in [-0.05, 0) is 71.1 Å². The summed E-state index contributed by atoms with van der Waals surface area (Å²) in [7, 11) is 0. The summed E-state index contributed by atoms with van der Waals surface area (Å²) in [5.74, 6) is -0.369. The van der Waals surface area contributed by atoms with Gasteiger partial charge in [-0.3, -0.25) is 4.79 Å². The molecule has 238 valence electrons. The van der Waals surface area contributed by atoms with Gasteiger partial charge in [0.1, 0.15) is 11.9 Å². The molecule has 2 aliphatic heterocycles. The summed E-state index contributed by atoms with van der Waals surface area (Å²) in [6, 6.07) is 0. The molecule has 2 heterocycles. The van der Waals surface area contributed by atoms with Gasteiger partial charge in [-0.15, -0.1) is 0 Å². The zero-order chi connectivity index (χ0) is 29.7. The van der Waals surface area contributed by atoms with Crippen LogP contribution in [-0.2, 0) is 19.1 Å². The van der Waals surface area contributed by atoms with Gasteiger partial charge >= 0.3 is 5.97 Å². The highest BCUT2D eigenvalue weighted by molar-refractivity contribution is 5.83. The molecule has 0 aromatic carbocycles. The molecule has 2 unspecified atom stereocenters. The number of hydrogen-bond donors (Lipinski definition) is 2. The highest BCUT2D eigenvalue weighted by atomic mass is 16.6. The number of hydrogen-bond acceptors (Lipinski definition) is 6. The molecular weight excluding hydrogens is 516 g/mol. The fraction of sp³-hybridized carbons (Fsp3) is 0.886. The minimum atomic E-state index is -0.464. The van der Waals surface area contributed by atoms with E-state index < -0.39 is 12.2 Å². The monoisotopic (exact) mass is 578 g/mol. The van der Waals surface area contributed by atoms with E-state index in [0.29, 0.717) is 19.3 Å². The Morgan fingerprint density at radius 3 is 2.02 bits per heavy atom. The molecule has 6 atom stereocenters. The third kappa shape index (κ3) is 16.3. The van der Waals surface area contributed by atoms with Crippen molar-refractivity contribution in [2.24, 2.45) is 5.92 Å². The first-order chi connectivity index (χ1) is 19.9. The second kappa shape index (κ2) is 22.3. The van der Waals surface area contributed by atoms with Crippen molar-refractivity contribution in [3.63, 3.8) is 0 Å². The molecule has 0 aromatic heterocycles. The molecule has 0 amide bonds. The number of ether oxygens (including phenoxy) is 2. The van der Waals surface area contributed by atoms with Gasteiger partial charge in [-0.1, -0.05) is 96.1 Å². The second-order valence-corrected chi connectivity index (χ2v) is 12.8.